The second kappa shape index (κ2) is 6.11. The summed E-state index contributed by atoms with van der Waals surface area (Å²) in [4.78, 5) is 38.4. The van der Waals surface area contributed by atoms with Gasteiger partial charge in [-0.1, -0.05) is 32.1 Å². The molecule has 0 aliphatic carbocycles. The van der Waals surface area contributed by atoms with Crippen molar-refractivity contribution in [2.75, 3.05) is 18.5 Å². The molecule has 0 aromatic carbocycles. The largest absolute Gasteiger partial charge is 0.415 e. The Morgan fingerprint density at radius 2 is 2.00 bits per heavy atom. The minimum atomic E-state index is -1.30. The van der Waals surface area contributed by atoms with Crippen LogP contribution in [0.3, 0.4) is 0 Å². The van der Waals surface area contributed by atoms with Crippen molar-refractivity contribution in [1.82, 2.24) is 20.4 Å². The van der Waals surface area contributed by atoms with Gasteiger partial charge in [0.15, 0.2) is 0 Å². The van der Waals surface area contributed by atoms with Gasteiger partial charge in [-0.15, -0.1) is 10.2 Å². The number of carbonyl (C=O) groups is 3. The number of anilines is 1. The quantitative estimate of drug-likeness (QED) is 0.831. The Kier molecular flexibility index (Phi) is 4.55. The van der Waals surface area contributed by atoms with E-state index >= 15 is 0 Å². The summed E-state index contributed by atoms with van der Waals surface area (Å²) in [5.74, 6) is -0.656. The van der Waals surface area contributed by atoms with Gasteiger partial charge < -0.3 is 10.1 Å². The van der Waals surface area contributed by atoms with E-state index in [4.69, 9.17) is 4.74 Å². The molecule has 2 heterocycles. The first-order valence-electron chi connectivity index (χ1n) is 7.07. The zero-order valence-electron chi connectivity index (χ0n) is 13.6. The van der Waals surface area contributed by atoms with Gasteiger partial charge in [0, 0.05) is 19.0 Å². The van der Waals surface area contributed by atoms with Crippen molar-refractivity contribution in [3.05, 3.63) is 5.01 Å². The number of rotatable bonds is 3. The van der Waals surface area contributed by atoms with E-state index in [0.717, 1.165) is 21.1 Å². The summed E-state index contributed by atoms with van der Waals surface area (Å²) in [5.41, 5.74) is -0.246. The summed E-state index contributed by atoms with van der Waals surface area (Å²) in [6.07, 6.45) is -2.08. The van der Waals surface area contributed by atoms with Crippen molar-refractivity contribution in [3.63, 3.8) is 0 Å². The second-order valence-electron chi connectivity index (χ2n) is 5.89. The SMILES string of the molecule is CCN1C(=O)N(c2nnc(C(C)(C)C)s2)C(=O)C1OC(=O)NC. The van der Waals surface area contributed by atoms with Crippen molar-refractivity contribution in [1.29, 1.82) is 0 Å². The van der Waals surface area contributed by atoms with Gasteiger partial charge in [-0.05, 0) is 6.92 Å². The van der Waals surface area contributed by atoms with Crippen LogP contribution < -0.4 is 10.2 Å². The molecule has 0 saturated carbocycles. The molecule has 1 aliphatic heterocycles. The smallest absolute Gasteiger partial charge is 0.409 e. The molecule has 1 unspecified atom stereocenters. The van der Waals surface area contributed by atoms with Crippen LogP contribution in [0.15, 0.2) is 0 Å². The average Bonchev–Trinajstić information content (AvgIpc) is 3.03. The molecule has 1 aromatic rings. The average molecular weight is 341 g/mol. The summed E-state index contributed by atoms with van der Waals surface area (Å²) in [6.45, 7) is 7.78. The molecule has 0 spiro atoms. The Bertz CT molecular complexity index is 639. The van der Waals surface area contributed by atoms with Crippen LogP contribution in [0, 0.1) is 0 Å². The minimum Gasteiger partial charge on any atom is -0.415 e. The molecule has 1 N–H and O–H groups in total. The van der Waals surface area contributed by atoms with E-state index in [1.54, 1.807) is 6.92 Å². The number of alkyl carbamates (subject to hydrolysis) is 1. The van der Waals surface area contributed by atoms with Crippen molar-refractivity contribution >= 4 is 34.5 Å². The first-order valence-corrected chi connectivity index (χ1v) is 7.89. The molecule has 23 heavy (non-hydrogen) atoms. The highest BCUT2D eigenvalue weighted by molar-refractivity contribution is 7.15. The Morgan fingerprint density at radius 3 is 2.48 bits per heavy atom. The van der Waals surface area contributed by atoms with Crippen molar-refractivity contribution in [3.8, 4) is 0 Å². The number of imide groups is 1. The number of carbonyl (C=O) groups excluding carboxylic acids is 3. The molecule has 1 aromatic heterocycles. The maximum absolute atomic E-state index is 12.5. The molecule has 4 amide bonds. The molecule has 1 saturated heterocycles. The summed E-state index contributed by atoms with van der Waals surface area (Å²) >= 11 is 1.16. The van der Waals surface area contributed by atoms with E-state index in [0.29, 0.717) is 5.01 Å². The van der Waals surface area contributed by atoms with Crippen LogP contribution in [0.1, 0.15) is 32.7 Å². The summed E-state index contributed by atoms with van der Waals surface area (Å²) in [6, 6.07) is -0.581. The summed E-state index contributed by atoms with van der Waals surface area (Å²) < 4.78 is 4.99. The number of hydrogen-bond donors (Lipinski definition) is 1. The predicted octanol–water partition coefficient (Wildman–Crippen LogP) is 1.31. The van der Waals surface area contributed by atoms with Gasteiger partial charge in [0.2, 0.25) is 5.13 Å². The first kappa shape index (κ1) is 17.1. The van der Waals surface area contributed by atoms with Crippen molar-refractivity contribution in [2.45, 2.75) is 39.3 Å². The number of hydrogen-bond acceptors (Lipinski definition) is 7. The van der Waals surface area contributed by atoms with Gasteiger partial charge in [-0.25, -0.2) is 9.59 Å². The van der Waals surface area contributed by atoms with Gasteiger partial charge in [0.25, 0.3) is 12.1 Å². The molecule has 1 atom stereocenters. The monoisotopic (exact) mass is 341 g/mol. The Labute approximate surface area is 137 Å². The van der Waals surface area contributed by atoms with Crippen LogP contribution in [0.2, 0.25) is 0 Å². The zero-order valence-corrected chi connectivity index (χ0v) is 14.4. The zero-order chi connectivity index (χ0) is 17.4. The van der Waals surface area contributed by atoms with Gasteiger partial charge >= 0.3 is 12.1 Å². The summed E-state index contributed by atoms with van der Waals surface area (Å²) in [5, 5.41) is 11.1. The van der Waals surface area contributed by atoms with Gasteiger partial charge in [0.1, 0.15) is 5.01 Å². The van der Waals surface area contributed by atoms with Crippen LogP contribution in [-0.2, 0) is 14.9 Å². The number of urea groups is 1. The first-order chi connectivity index (χ1) is 10.7. The molecule has 2 rings (SSSR count). The van der Waals surface area contributed by atoms with Gasteiger partial charge in [-0.2, -0.15) is 4.90 Å². The lowest BCUT2D eigenvalue weighted by Crippen LogP contribution is -2.40. The molecule has 1 fully saturated rings. The molecular formula is C13H19N5O4S. The maximum atomic E-state index is 12.5. The fraction of sp³-hybridized carbons (Fsp3) is 0.615. The predicted molar refractivity (Wildman–Crippen MR) is 83.2 cm³/mol. The second-order valence-corrected chi connectivity index (χ2v) is 6.85. The Balaban J connectivity index is 2.32. The minimum absolute atomic E-state index is 0.173. The third kappa shape index (κ3) is 3.11. The van der Waals surface area contributed by atoms with E-state index < -0.39 is 24.3 Å². The number of nitrogens with one attached hydrogen (secondary N) is 1. The highest BCUT2D eigenvalue weighted by atomic mass is 32.1. The van der Waals surface area contributed by atoms with E-state index in [9.17, 15) is 14.4 Å². The topological polar surface area (TPSA) is 105 Å². The van der Waals surface area contributed by atoms with E-state index in [1.807, 2.05) is 20.8 Å². The van der Waals surface area contributed by atoms with E-state index in [-0.39, 0.29) is 17.1 Å². The van der Waals surface area contributed by atoms with Crippen LogP contribution in [-0.4, -0.2) is 52.9 Å². The third-order valence-electron chi connectivity index (χ3n) is 3.16. The van der Waals surface area contributed by atoms with Crippen molar-refractivity contribution in [2.24, 2.45) is 0 Å². The number of likely N-dealkylation sites (N-methyl/N-ethyl adjacent to an activating group) is 1. The molecule has 9 nitrogen and oxygen atoms in total. The van der Waals surface area contributed by atoms with Crippen molar-refractivity contribution < 1.29 is 19.1 Å². The van der Waals surface area contributed by atoms with Crippen LogP contribution >= 0.6 is 11.3 Å². The molecule has 0 radical (unpaired) electrons. The number of amides is 4. The van der Waals surface area contributed by atoms with Crippen LogP contribution in [0.5, 0.6) is 0 Å². The molecule has 0 bridgehead atoms. The maximum Gasteiger partial charge on any atom is 0.409 e. The fourth-order valence-electron chi connectivity index (χ4n) is 1.93. The van der Waals surface area contributed by atoms with Crippen LogP contribution in [0.25, 0.3) is 0 Å². The van der Waals surface area contributed by atoms with E-state index in [2.05, 4.69) is 15.5 Å². The third-order valence-corrected chi connectivity index (χ3v) is 4.50. The van der Waals surface area contributed by atoms with Gasteiger partial charge in [-0.3, -0.25) is 9.69 Å². The molecule has 10 heteroatoms. The molecule has 1 aliphatic rings. The number of ether oxygens (including phenoxy) is 1. The van der Waals surface area contributed by atoms with E-state index in [1.165, 1.54) is 7.05 Å². The van der Waals surface area contributed by atoms with Crippen LogP contribution in [0.4, 0.5) is 14.7 Å². The van der Waals surface area contributed by atoms with Gasteiger partial charge in [0.05, 0.1) is 0 Å². The number of nitrogens with zero attached hydrogens (tertiary/aromatic N) is 4. The lowest BCUT2D eigenvalue weighted by Gasteiger charge is -2.18. The highest BCUT2D eigenvalue weighted by Gasteiger charge is 2.49. The molecular weight excluding hydrogens is 322 g/mol. The fourth-order valence-corrected chi connectivity index (χ4v) is 2.83. The standard InChI is InChI=1S/C13H19N5O4S/c1-6-17-8(22-11(20)14-5)7(19)18(12(17)21)10-16-15-9(23-10)13(2,3)4/h8H,6H2,1-5H3,(H,14,20). The highest BCUT2D eigenvalue weighted by Crippen LogP contribution is 2.33. The summed E-state index contributed by atoms with van der Waals surface area (Å²) in [7, 11) is 1.37. The Morgan fingerprint density at radius 1 is 1.35 bits per heavy atom. The lowest BCUT2D eigenvalue weighted by molar-refractivity contribution is -0.129. The normalized spacial score (nSPS) is 18.6. The lowest BCUT2D eigenvalue weighted by atomic mass is 9.98. The molecule has 126 valence electrons. The Hall–Kier alpha value is -2.23. The number of aromatic nitrogens is 2.